The maximum atomic E-state index is 11.0. The van der Waals surface area contributed by atoms with Crippen molar-refractivity contribution >= 4 is 29.0 Å². The fraction of sp³-hybridized carbons (Fsp3) is 0.417. The number of benzene rings is 1. The van der Waals surface area contributed by atoms with Crippen LogP contribution >= 0.6 is 11.8 Å². The number of anilines is 2. The average molecular weight is 251 g/mol. The molecule has 1 aromatic carbocycles. The molecule has 17 heavy (non-hydrogen) atoms. The summed E-state index contributed by atoms with van der Waals surface area (Å²) in [5, 5.41) is 3.33. The predicted octanol–water partition coefficient (Wildman–Crippen LogP) is 1.68. The van der Waals surface area contributed by atoms with E-state index in [-0.39, 0.29) is 0 Å². The molecular formula is C12H17N3OS. The molecule has 0 aliphatic heterocycles. The molecule has 0 radical (unpaired) electrons. The second-order valence-electron chi connectivity index (χ2n) is 4.41. The van der Waals surface area contributed by atoms with Crippen molar-refractivity contribution in [2.24, 2.45) is 5.73 Å². The fourth-order valence-corrected chi connectivity index (χ4v) is 2.45. The number of hydrogen-bond donors (Lipinski definition) is 3. The highest BCUT2D eigenvalue weighted by Crippen LogP contribution is 2.47. The predicted molar refractivity (Wildman–Crippen MR) is 73.3 cm³/mol. The molecule has 0 atom stereocenters. The van der Waals surface area contributed by atoms with Crippen LogP contribution in [0.1, 0.15) is 23.2 Å². The summed E-state index contributed by atoms with van der Waals surface area (Å²) in [6.07, 6.45) is 4.63. The summed E-state index contributed by atoms with van der Waals surface area (Å²) in [4.78, 5) is 11.0. The lowest BCUT2D eigenvalue weighted by Gasteiger charge is -2.15. The third kappa shape index (κ3) is 2.66. The van der Waals surface area contributed by atoms with Crippen LogP contribution < -0.4 is 16.8 Å². The lowest BCUT2D eigenvalue weighted by Crippen LogP contribution is -2.18. The number of nitrogens with one attached hydrogen (secondary N) is 1. The van der Waals surface area contributed by atoms with E-state index >= 15 is 0 Å². The van der Waals surface area contributed by atoms with Crippen molar-refractivity contribution in [3.8, 4) is 0 Å². The van der Waals surface area contributed by atoms with E-state index in [2.05, 4.69) is 11.6 Å². The van der Waals surface area contributed by atoms with Gasteiger partial charge in [0.25, 0.3) is 0 Å². The van der Waals surface area contributed by atoms with Gasteiger partial charge in [-0.25, -0.2) is 0 Å². The number of thioether (sulfide) groups is 1. The molecule has 1 amide bonds. The van der Waals surface area contributed by atoms with Crippen LogP contribution in [-0.4, -0.2) is 23.5 Å². The summed E-state index contributed by atoms with van der Waals surface area (Å²) in [6.45, 7) is 0.911. The number of primary amides is 1. The van der Waals surface area contributed by atoms with Gasteiger partial charge < -0.3 is 16.8 Å². The van der Waals surface area contributed by atoms with Gasteiger partial charge in [0, 0.05) is 16.9 Å². The van der Waals surface area contributed by atoms with Crippen LogP contribution in [0.3, 0.4) is 0 Å². The van der Waals surface area contributed by atoms with Crippen LogP contribution in [0.4, 0.5) is 11.4 Å². The first-order chi connectivity index (χ1) is 8.06. The van der Waals surface area contributed by atoms with Gasteiger partial charge in [0.15, 0.2) is 0 Å². The Balaban J connectivity index is 2.04. The maximum absolute atomic E-state index is 11.0. The number of hydrogen-bond acceptors (Lipinski definition) is 4. The standard InChI is InChI=1S/C12H17N3OS/c1-17-12(4-5-12)7-15-10-3-2-8(11(14)16)6-9(10)13/h2-3,6,15H,4-5,7,13H2,1H3,(H2,14,16). The van der Waals surface area contributed by atoms with Crippen molar-refractivity contribution in [3.63, 3.8) is 0 Å². The van der Waals surface area contributed by atoms with Crippen molar-refractivity contribution in [2.45, 2.75) is 17.6 Å². The summed E-state index contributed by atoms with van der Waals surface area (Å²) >= 11 is 1.89. The molecule has 0 unspecified atom stereocenters. The molecule has 0 heterocycles. The van der Waals surface area contributed by atoms with Crippen molar-refractivity contribution in [1.29, 1.82) is 0 Å². The van der Waals surface area contributed by atoms with E-state index in [4.69, 9.17) is 11.5 Å². The van der Waals surface area contributed by atoms with Crippen molar-refractivity contribution < 1.29 is 4.79 Å². The summed E-state index contributed by atoms with van der Waals surface area (Å²) < 4.78 is 0.384. The molecular weight excluding hydrogens is 234 g/mol. The van der Waals surface area contributed by atoms with Crippen LogP contribution in [0.15, 0.2) is 18.2 Å². The Morgan fingerprint density at radius 3 is 2.71 bits per heavy atom. The number of amides is 1. The van der Waals surface area contributed by atoms with Gasteiger partial charge in [0.05, 0.1) is 11.4 Å². The molecule has 0 saturated heterocycles. The molecule has 1 saturated carbocycles. The molecule has 1 aromatic rings. The van der Waals surface area contributed by atoms with Gasteiger partial charge in [0.1, 0.15) is 0 Å². The lowest BCUT2D eigenvalue weighted by atomic mass is 10.1. The molecule has 5 N–H and O–H groups in total. The molecule has 2 rings (SSSR count). The fourth-order valence-electron chi connectivity index (χ4n) is 1.73. The zero-order valence-electron chi connectivity index (χ0n) is 9.82. The Morgan fingerprint density at radius 2 is 2.24 bits per heavy atom. The molecule has 0 spiro atoms. The number of rotatable bonds is 5. The van der Waals surface area contributed by atoms with Crippen LogP contribution in [0.5, 0.6) is 0 Å². The second-order valence-corrected chi connectivity index (χ2v) is 5.68. The molecule has 1 aliphatic carbocycles. The van der Waals surface area contributed by atoms with E-state index in [1.54, 1.807) is 12.1 Å². The van der Waals surface area contributed by atoms with Crippen LogP contribution in [0.2, 0.25) is 0 Å². The monoisotopic (exact) mass is 251 g/mol. The third-order valence-corrected chi connectivity index (χ3v) is 4.60. The van der Waals surface area contributed by atoms with Gasteiger partial charge in [-0.2, -0.15) is 11.8 Å². The minimum Gasteiger partial charge on any atom is -0.397 e. The highest BCUT2D eigenvalue weighted by Gasteiger charge is 2.41. The molecule has 0 bridgehead atoms. The van der Waals surface area contributed by atoms with Crippen LogP contribution in [0, 0.1) is 0 Å². The number of carbonyl (C=O) groups excluding carboxylic acids is 1. The molecule has 4 nitrogen and oxygen atoms in total. The minimum absolute atomic E-state index is 0.384. The third-order valence-electron chi connectivity index (χ3n) is 3.18. The van der Waals surface area contributed by atoms with Crippen molar-refractivity contribution in [3.05, 3.63) is 23.8 Å². The Morgan fingerprint density at radius 1 is 1.53 bits per heavy atom. The molecule has 5 heteroatoms. The molecule has 1 fully saturated rings. The van der Waals surface area contributed by atoms with Crippen LogP contribution in [0.25, 0.3) is 0 Å². The summed E-state index contributed by atoms with van der Waals surface area (Å²) in [6, 6.07) is 5.12. The Bertz CT molecular complexity index is 443. The first kappa shape index (κ1) is 12.1. The SMILES string of the molecule is CSC1(CNc2ccc(C(N)=O)cc2N)CC1. The summed E-state index contributed by atoms with van der Waals surface area (Å²) in [7, 11) is 0. The number of nitrogens with two attached hydrogens (primary N) is 2. The average Bonchev–Trinajstić information content (AvgIpc) is 3.08. The number of carbonyl (C=O) groups is 1. The molecule has 0 aromatic heterocycles. The number of nitrogen functional groups attached to an aromatic ring is 1. The van der Waals surface area contributed by atoms with E-state index in [1.807, 2.05) is 17.8 Å². The first-order valence-corrected chi connectivity index (χ1v) is 6.77. The van der Waals surface area contributed by atoms with Gasteiger partial charge >= 0.3 is 0 Å². The van der Waals surface area contributed by atoms with E-state index in [9.17, 15) is 4.79 Å². The largest absolute Gasteiger partial charge is 0.397 e. The van der Waals surface area contributed by atoms with Gasteiger partial charge in [0.2, 0.25) is 5.91 Å². The highest BCUT2D eigenvalue weighted by atomic mass is 32.2. The zero-order valence-corrected chi connectivity index (χ0v) is 10.6. The molecule has 1 aliphatic rings. The van der Waals surface area contributed by atoms with Crippen LogP contribution in [-0.2, 0) is 0 Å². The highest BCUT2D eigenvalue weighted by molar-refractivity contribution is 8.00. The van der Waals surface area contributed by atoms with E-state index < -0.39 is 5.91 Å². The lowest BCUT2D eigenvalue weighted by molar-refractivity contribution is 0.100. The second kappa shape index (κ2) is 4.49. The summed E-state index contributed by atoms with van der Waals surface area (Å²) in [5.74, 6) is -0.453. The van der Waals surface area contributed by atoms with E-state index in [1.165, 1.54) is 12.8 Å². The van der Waals surface area contributed by atoms with Crippen molar-refractivity contribution in [1.82, 2.24) is 0 Å². The van der Waals surface area contributed by atoms with E-state index in [0.29, 0.717) is 16.0 Å². The zero-order chi connectivity index (χ0) is 12.5. The Labute approximate surface area is 105 Å². The normalized spacial score (nSPS) is 16.5. The Hall–Kier alpha value is -1.36. The summed E-state index contributed by atoms with van der Waals surface area (Å²) in [5.41, 5.74) is 12.9. The van der Waals surface area contributed by atoms with Gasteiger partial charge in [-0.1, -0.05) is 0 Å². The van der Waals surface area contributed by atoms with Crippen molar-refractivity contribution in [2.75, 3.05) is 23.9 Å². The van der Waals surface area contributed by atoms with E-state index in [0.717, 1.165) is 12.2 Å². The topological polar surface area (TPSA) is 81.1 Å². The van der Waals surface area contributed by atoms with Gasteiger partial charge in [-0.05, 0) is 37.3 Å². The van der Waals surface area contributed by atoms with Gasteiger partial charge in [-0.15, -0.1) is 0 Å². The quantitative estimate of drug-likeness (QED) is 0.695. The molecule has 92 valence electrons. The smallest absolute Gasteiger partial charge is 0.248 e. The maximum Gasteiger partial charge on any atom is 0.248 e. The first-order valence-electron chi connectivity index (χ1n) is 5.55. The minimum atomic E-state index is -0.453. The van der Waals surface area contributed by atoms with Gasteiger partial charge in [-0.3, -0.25) is 4.79 Å². The Kier molecular flexibility index (Phi) is 3.19.